The normalized spacial score (nSPS) is 18.8. The van der Waals surface area contributed by atoms with E-state index in [0.717, 1.165) is 25.7 Å². The monoisotopic (exact) mass is 271 g/mol. The van der Waals surface area contributed by atoms with Crippen LogP contribution in [-0.4, -0.2) is 30.8 Å². The Balaban J connectivity index is 2.25. The van der Waals surface area contributed by atoms with Gasteiger partial charge in [0.15, 0.2) is 0 Å². The molecule has 0 radical (unpaired) electrons. The van der Waals surface area contributed by atoms with Crippen LogP contribution in [0.3, 0.4) is 0 Å². The Morgan fingerprint density at radius 1 is 1.12 bits per heavy atom. The summed E-state index contributed by atoms with van der Waals surface area (Å²) < 4.78 is 26.2. The molecule has 4 nitrogen and oxygen atoms in total. The van der Waals surface area contributed by atoms with Crippen LogP contribution in [0, 0.1) is 0 Å². The molecule has 0 N–H and O–H groups in total. The van der Waals surface area contributed by atoms with Crippen LogP contribution >= 0.6 is 0 Å². The Kier molecular flexibility index (Phi) is 3.96. The number of nitrogens with zero attached hydrogens (tertiary/aromatic N) is 2. The molecular weight excluding hydrogens is 256 g/mol. The zero-order valence-corrected chi connectivity index (χ0v) is 11.1. The van der Waals surface area contributed by atoms with E-state index in [-0.39, 0.29) is 4.90 Å². The maximum Gasteiger partial charge on any atom is 0.244 e. The van der Waals surface area contributed by atoms with Crippen LogP contribution in [0.25, 0.3) is 0 Å². The van der Waals surface area contributed by atoms with Crippen molar-refractivity contribution < 1.29 is 8.42 Å². The standard InChI is InChI=1S/C11H16N2O2S2/c14-17(15,10-5-6-11(16)12-9-10)13-7-3-1-2-4-8-13/h5-6,9H,1-4,7-8H2,(H,12,16)/p-1. The highest BCUT2D eigenvalue weighted by Gasteiger charge is 2.24. The van der Waals surface area contributed by atoms with E-state index in [9.17, 15) is 8.42 Å². The van der Waals surface area contributed by atoms with Gasteiger partial charge < -0.3 is 12.6 Å². The Hall–Kier alpha value is -0.720. The molecule has 0 atom stereocenters. The number of aromatic nitrogens is 1. The van der Waals surface area contributed by atoms with Gasteiger partial charge in [-0.1, -0.05) is 23.9 Å². The number of sulfonamides is 1. The maximum atomic E-state index is 12.3. The molecule has 1 fully saturated rings. The van der Waals surface area contributed by atoms with Crippen molar-refractivity contribution in [1.29, 1.82) is 0 Å². The van der Waals surface area contributed by atoms with Crippen LogP contribution < -0.4 is 0 Å². The lowest BCUT2D eigenvalue weighted by Gasteiger charge is -2.20. The fraction of sp³-hybridized carbons (Fsp3) is 0.545. The lowest BCUT2D eigenvalue weighted by atomic mass is 10.2. The second kappa shape index (κ2) is 5.29. The Bertz CT molecular complexity index is 463. The molecule has 0 bridgehead atoms. The third-order valence-electron chi connectivity index (χ3n) is 2.91. The maximum absolute atomic E-state index is 12.3. The molecule has 0 aromatic carbocycles. The minimum absolute atomic E-state index is 0.244. The molecule has 0 amide bonds. The van der Waals surface area contributed by atoms with Gasteiger partial charge in [-0.3, -0.25) is 4.98 Å². The minimum Gasteiger partial charge on any atom is -0.760 e. The number of hydrogen-bond donors (Lipinski definition) is 0. The quantitative estimate of drug-likeness (QED) is 0.766. The Labute approximate surface area is 108 Å². The highest BCUT2D eigenvalue weighted by Crippen LogP contribution is 2.19. The predicted octanol–water partition coefficient (Wildman–Crippen LogP) is 1.55. The predicted molar refractivity (Wildman–Crippen MR) is 67.1 cm³/mol. The summed E-state index contributed by atoms with van der Waals surface area (Å²) in [5.41, 5.74) is 0. The molecule has 17 heavy (non-hydrogen) atoms. The first-order valence-electron chi connectivity index (χ1n) is 5.74. The summed E-state index contributed by atoms with van der Waals surface area (Å²) in [7, 11) is -3.38. The van der Waals surface area contributed by atoms with Gasteiger partial charge in [0.05, 0.1) is 0 Å². The van der Waals surface area contributed by atoms with Gasteiger partial charge in [-0.15, -0.1) is 0 Å². The van der Waals surface area contributed by atoms with Gasteiger partial charge in [0.25, 0.3) is 0 Å². The van der Waals surface area contributed by atoms with Crippen LogP contribution in [0.15, 0.2) is 28.3 Å². The smallest absolute Gasteiger partial charge is 0.244 e. The summed E-state index contributed by atoms with van der Waals surface area (Å²) in [6.45, 7) is 1.22. The lowest BCUT2D eigenvalue weighted by molar-refractivity contribution is 0.423. The summed E-state index contributed by atoms with van der Waals surface area (Å²) in [5, 5.41) is 0.416. The third kappa shape index (κ3) is 2.94. The van der Waals surface area contributed by atoms with Crippen molar-refractivity contribution in [2.75, 3.05) is 13.1 Å². The number of pyridine rings is 1. The minimum atomic E-state index is -3.38. The van der Waals surface area contributed by atoms with E-state index in [4.69, 9.17) is 12.6 Å². The average Bonchev–Trinajstić information content (AvgIpc) is 2.58. The van der Waals surface area contributed by atoms with Crippen molar-refractivity contribution in [1.82, 2.24) is 9.29 Å². The molecule has 1 aromatic heterocycles. The molecule has 1 aromatic rings. The van der Waals surface area contributed by atoms with E-state index < -0.39 is 10.0 Å². The van der Waals surface area contributed by atoms with E-state index >= 15 is 0 Å². The SMILES string of the molecule is O=S(=O)(c1ccc([S-])nc1)N1CCCCCC1. The van der Waals surface area contributed by atoms with E-state index in [1.165, 1.54) is 12.3 Å². The first kappa shape index (κ1) is 12.7. The third-order valence-corrected chi connectivity index (χ3v) is 5.04. The second-order valence-corrected chi connectivity index (χ2v) is 6.51. The fourth-order valence-electron chi connectivity index (χ4n) is 1.95. The summed E-state index contributed by atoms with van der Waals surface area (Å²) >= 11 is 4.85. The topological polar surface area (TPSA) is 50.3 Å². The zero-order valence-electron chi connectivity index (χ0n) is 9.50. The zero-order chi connectivity index (χ0) is 12.3. The molecule has 0 aliphatic carbocycles. The van der Waals surface area contributed by atoms with Crippen molar-refractivity contribution in [3.63, 3.8) is 0 Å². The van der Waals surface area contributed by atoms with E-state index in [1.807, 2.05) is 0 Å². The van der Waals surface area contributed by atoms with Crippen LogP contribution in [0.1, 0.15) is 25.7 Å². The molecule has 2 heterocycles. The summed E-state index contributed by atoms with van der Waals surface area (Å²) in [5.74, 6) is 0. The molecule has 1 aliphatic rings. The molecular formula is C11H15N2O2S2-. The Morgan fingerprint density at radius 2 is 1.76 bits per heavy atom. The van der Waals surface area contributed by atoms with Crippen molar-refractivity contribution >= 4 is 22.7 Å². The Morgan fingerprint density at radius 3 is 2.29 bits per heavy atom. The molecule has 94 valence electrons. The molecule has 6 heteroatoms. The number of hydrogen-bond acceptors (Lipinski definition) is 4. The van der Waals surface area contributed by atoms with Crippen molar-refractivity contribution in [3.05, 3.63) is 18.3 Å². The van der Waals surface area contributed by atoms with Crippen molar-refractivity contribution in [3.8, 4) is 0 Å². The molecule has 0 unspecified atom stereocenters. The summed E-state index contributed by atoms with van der Waals surface area (Å²) in [4.78, 5) is 4.12. The van der Waals surface area contributed by atoms with E-state index in [2.05, 4.69) is 4.98 Å². The van der Waals surface area contributed by atoms with E-state index in [1.54, 1.807) is 10.4 Å². The number of rotatable bonds is 2. The molecule has 1 aliphatic heterocycles. The van der Waals surface area contributed by atoms with Crippen LogP contribution in [0.5, 0.6) is 0 Å². The van der Waals surface area contributed by atoms with Gasteiger partial charge in [0.1, 0.15) is 4.90 Å². The summed E-state index contributed by atoms with van der Waals surface area (Å²) in [6, 6.07) is 3.09. The van der Waals surface area contributed by atoms with Gasteiger partial charge in [-0.2, -0.15) is 4.31 Å². The molecule has 0 saturated carbocycles. The van der Waals surface area contributed by atoms with Crippen LogP contribution in [0.2, 0.25) is 0 Å². The van der Waals surface area contributed by atoms with Gasteiger partial charge in [0, 0.05) is 19.3 Å². The summed E-state index contributed by atoms with van der Waals surface area (Å²) in [6.07, 6.45) is 5.44. The largest absolute Gasteiger partial charge is 0.760 e. The van der Waals surface area contributed by atoms with Crippen LogP contribution in [0.4, 0.5) is 0 Å². The first-order valence-corrected chi connectivity index (χ1v) is 7.59. The van der Waals surface area contributed by atoms with Crippen LogP contribution in [-0.2, 0) is 22.7 Å². The van der Waals surface area contributed by atoms with Gasteiger partial charge >= 0.3 is 0 Å². The molecule has 0 spiro atoms. The second-order valence-electron chi connectivity index (χ2n) is 4.15. The van der Waals surface area contributed by atoms with Crippen molar-refractivity contribution in [2.45, 2.75) is 35.6 Å². The lowest BCUT2D eigenvalue weighted by Crippen LogP contribution is -2.32. The first-order chi connectivity index (χ1) is 8.10. The van der Waals surface area contributed by atoms with Gasteiger partial charge in [0.2, 0.25) is 10.0 Å². The molecule has 1 saturated heterocycles. The highest BCUT2D eigenvalue weighted by atomic mass is 32.2. The van der Waals surface area contributed by atoms with Gasteiger partial charge in [-0.25, -0.2) is 8.42 Å². The van der Waals surface area contributed by atoms with Gasteiger partial charge in [-0.05, 0) is 18.9 Å². The molecule has 2 rings (SSSR count). The fourth-order valence-corrected chi connectivity index (χ4v) is 3.53. The average molecular weight is 271 g/mol. The van der Waals surface area contributed by atoms with Crippen molar-refractivity contribution in [2.24, 2.45) is 0 Å². The van der Waals surface area contributed by atoms with E-state index in [0.29, 0.717) is 18.1 Å². The highest BCUT2D eigenvalue weighted by molar-refractivity contribution is 7.89.